The number of halogens is 1. The minimum absolute atomic E-state index is 0.405. The van der Waals surface area contributed by atoms with Crippen LogP contribution in [-0.4, -0.2) is 14.7 Å². The molecule has 0 aliphatic heterocycles. The van der Waals surface area contributed by atoms with Crippen LogP contribution in [-0.2, 0) is 21.4 Å². The average molecular weight is 358 g/mol. The molecule has 2 rings (SSSR count). The van der Waals surface area contributed by atoms with Crippen molar-refractivity contribution in [3.8, 4) is 0 Å². The predicted molar refractivity (Wildman–Crippen MR) is 82.5 cm³/mol. The van der Waals surface area contributed by atoms with Gasteiger partial charge in [-0.3, -0.25) is 4.72 Å². The highest BCUT2D eigenvalue weighted by Crippen LogP contribution is 2.29. The van der Waals surface area contributed by atoms with Gasteiger partial charge in [-0.2, -0.15) is 0 Å². The fourth-order valence-electron chi connectivity index (χ4n) is 1.85. The van der Waals surface area contributed by atoms with E-state index in [-0.39, 0.29) is 0 Å². The van der Waals surface area contributed by atoms with Crippen LogP contribution in [0.2, 0.25) is 0 Å². The van der Waals surface area contributed by atoms with Crippen molar-refractivity contribution >= 4 is 26.0 Å². The van der Waals surface area contributed by atoms with Gasteiger partial charge in [0.15, 0.2) is 0 Å². The van der Waals surface area contributed by atoms with E-state index in [0.717, 1.165) is 29.1 Å². The average Bonchev–Trinajstić information content (AvgIpc) is 2.39. The Morgan fingerprint density at radius 3 is 2.65 bits per heavy atom. The lowest BCUT2D eigenvalue weighted by Crippen LogP contribution is -2.25. The zero-order valence-electron chi connectivity index (χ0n) is 11.1. The van der Waals surface area contributed by atoms with Gasteiger partial charge >= 0.3 is 0 Å². The second-order valence-electron chi connectivity index (χ2n) is 4.54. The van der Waals surface area contributed by atoms with E-state index in [1.165, 1.54) is 0 Å². The molecule has 4 nitrogen and oxygen atoms in total. The Morgan fingerprint density at radius 1 is 1.30 bits per heavy atom. The lowest BCUT2D eigenvalue weighted by molar-refractivity contribution is 0.202. The summed E-state index contributed by atoms with van der Waals surface area (Å²) in [5.74, 6) is 0.567. The molecular weight excluding hydrogens is 342 g/mol. The first-order valence-electron chi connectivity index (χ1n) is 6.19. The molecule has 1 N–H and O–H groups in total. The fourth-order valence-corrected chi connectivity index (χ4v) is 3.10. The molecule has 0 bridgehead atoms. The molecule has 0 fully saturated rings. The van der Waals surface area contributed by atoms with Gasteiger partial charge in [-0.05, 0) is 24.5 Å². The topological polar surface area (TPSA) is 55.4 Å². The molecule has 1 aromatic rings. The quantitative estimate of drug-likeness (QED) is 0.880. The van der Waals surface area contributed by atoms with Gasteiger partial charge in [0.1, 0.15) is 18.1 Å². The standard InChI is InChI=1S/C14H16BrNO3S/c1-20(17,18)16-14-12(15)8-5-9-13(14)19-10-11-6-3-2-4-7-11/h2-4,6-7,9,16H,5,8,10H2,1H3. The van der Waals surface area contributed by atoms with E-state index in [9.17, 15) is 8.42 Å². The van der Waals surface area contributed by atoms with Crippen LogP contribution >= 0.6 is 15.9 Å². The zero-order valence-corrected chi connectivity index (χ0v) is 13.5. The van der Waals surface area contributed by atoms with Gasteiger partial charge in [-0.25, -0.2) is 8.42 Å². The Kier molecular flexibility index (Phi) is 4.88. The van der Waals surface area contributed by atoms with Gasteiger partial charge in [0.05, 0.1) is 6.26 Å². The van der Waals surface area contributed by atoms with Crippen LogP contribution in [0.4, 0.5) is 0 Å². The molecule has 20 heavy (non-hydrogen) atoms. The summed E-state index contributed by atoms with van der Waals surface area (Å²) in [4.78, 5) is 0. The minimum atomic E-state index is -3.33. The van der Waals surface area contributed by atoms with Crippen molar-refractivity contribution in [1.29, 1.82) is 0 Å². The predicted octanol–water partition coefficient (Wildman–Crippen LogP) is 3.04. The summed E-state index contributed by atoms with van der Waals surface area (Å²) in [6.45, 7) is 0.405. The van der Waals surface area contributed by atoms with Crippen LogP contribution < -0.4 is 4.72 Å². The molecular formula is C14H16BrNO3S. The molecule has 0 amide bonds. The summed E-state index contributed by atoms with van der Waals surface area (Å²) in [5.41, 5.74) is 1.53. The van der Waals surface area contributed by atoms with Crippen LogP contribution in [0.25, 0.3) is 0 Å². The Balaban J connectivity index is 2.11. The molecule has 0 saturated heterocycles. The van der Waals surface area contributed by atoms with E-state index in [1.807, 2.05) is 36.4 Å². The molecule has 0 spiro atoms. The summed E-state index contributed by atoms with van der Waals surface area (Å²) in [5, 5.41) is 0. The fraction of sp³-hybridized carbons (Fsp3) is 0.286. The summed E-state index contributed by atoms with van der Waals surface area (Å²) < 4.78 is 31.9. The third kappa shape index (κ3) is 4.38. The molecule has 0 radical (unpaired) electrons. The third-order valence-corrected chi connectivity index (χ3v) is 4.10. The van der Waals surface area contributed by atoms with Crippen molar-refractivity contribution in [3.05, 3.63) is 57.9 Å². The molecule has 1 aromatic carbocycles. The van der Waals surface area contributed by atoms with E-state index in [0.29, 0.717) is 18.1 Å². The Bertz CT molecular complexity index is 636. The number of ether oxygens (including phenoxy) is 1. The Labute approximate surface area is 127 Å². The summed E-state index contributed by atoms with van der Waals surface area (Å²) in [6.07, 6.45) is 4.61. The maximum atomic E-state index is 11.4. The first kappa shape index (κ1) is 15.1. The number of benzene rings is 1. The molecule has 0 atom stereocenters. The lowest BCUT2D eigenvalue weighted by atomic mass is 10.1. The first-order valence-corrected chi connectivity index (χ1v) is 8.88. The van der Waals surface area contributed by atoms with E-state index in [1.54, 1.807) is 0 Å². The molecule has 0 saturated carbocycles. The largest absolute Gasteiger partial charge is 0.487 e. The van der Waals surface area contributed by atoms with Gasteiger partial charge in [-0.15, -0.1) is 0 Å². The highest BCUT2D eigenvalue weighted by atomic mass is 79.9. The highest BCUT2D eigenvalue weighted by Gasteiger charge is 2.19. The summed E-state index contributed by atoms with van der Waals surface area (Å²) in [6, 6.07) is 9.75. The van der Waals surface area contributed by atoms with E-state index in [2.05, 4.69) is 20.7 Å². The number of allylic oxidation sites excluding steroid dienone is 2. The van der Waals surface area contributed by atoms with Crippen molar-refractivity contribution in [2.24, 2.45) is 0 Å². The molecule has 0 aromatic heterocycles. The van der Waals surface area contributed by atoms with Gasteiger partial charge in [0, 0.05) is 4.48 Å². The Morgan fingerprint density at radius 2 is 2.00 bits per heavy atom. The van der Waals surface area contributed by atoms with Crippen molar-refractivity contribution < 1.29 is 13.2 Å². The highest BCUT2D eigenvalue weighted by molar-refractivity contribution is 9.11. The van der Waals surface area contributed by atoms with Crippen molar-refractivity contribution in [1.82, 2.24) is 4.72 Å². The summed E-state index contributed by atoms with van der Waals surface area (Å²) in [7, 11) is -3.33. The smallest absolute Gasteiger partial charge is 0.229 e. The molecule has 0 unspecified atom stereocenters. The van der Waals surface area contributed by atoms with Gasteiger partial charge in [-0.1, -0.05) is 46.3 Å². The molecule has 6 heteroatoms. The number of hydrogen-bond acceptors (Lipinski definition) is 3. The van der Waals surface area contributed by atoms with E-state index >= 15 is 0 Å². The monoisotopic (exact) mass is 357 g/mol. The number of hydrogen-bond donors (Lipinski definition) is 1. The summed E-state index contributed by atoms with van der Waals surface area (Å²) >= 11 is 3.41. The van der Waals surface area contributed by atoms with Crippen LogP contribution in [0.5, 0.6) is 0 Å². The normalized spacial score (nSPS) is 15.8. The van der Waals surface area contributed by atoms with E-state index < -0.39 is 10.0 Å². The van der Waals surface area contributed by atoms with Crippen LogP contribution in [0.15, 0.2) is 52.3 Å². The van der Waals surface area contributed by atoms with Crippen molar-refractivity contribution in [3.63, 3.8) is 0 Å². The molecule has 1 aliphatic carbocycles. The maximum Gasteiger partial charge on any atom is 0.229 e. The third-order valence-electron chi connectivity index (χ3n) is 2.74. The molecule has 1 aliphatic rings. The van der Waals surface area contributed by atoms with Gasteiger partial charge in [0.2, 0.25) is 10.0 Å². The van der Waals surface area contributed by atoms with E-state index in [4.69, 9.17) is 4.74 Å². The van der Waals surface area contributed by atoms with Crippen molar-refractivity contribution in [2.45, 2.75) is 19.4 Å². The second kappa shape index (κ2) is 6.45. The second-order valence-corrected chi connectivity index (χ2v) is 7.24. The van der Waals surface area contributed by atoms with Gasteiger partial charge < -0.3 is 4.74 Å². The minimum Gasteiger partial charge on any atom is -0.487 e. The molecule has 108 valence electrons. The van der Waals surface area contributed by atoms with Gasteiger partial charge in [0.25, 0.3) is 0 Å². The first-order chi connectivity index (χ1) is 9.46. The van der Waals surface area contributed by atoms with Crippen LogP contribution in [0.3, 0.4) is 0 Å². The van der Waals surface area contributed by atoms with Crippen LogP contribution in [0, 0.1) is 0 Å². The van der Waals surface area contributed by atoms with Crippen molar-refractivity contribution in [2.75, 3.05) is 6.26 Å². The zero-order chi connectivity index (χ0) is 14.6. The Hall–Kier alpha value is -1.27. The number of sulfonamides is 1. The maximum absolute atomic E-state index is 11.4. The van der Waals surface area contributed by atoms with Crippen LogP contribution in [0.1, 0.15) is 18.4 Å². The number of nitrogens with one attached hydrogen (secondary N) is 1. The lowest BCUT2D eigenvalue weighted by Gasteiger charge is -2.20. The SMILES string of the molecule is CS(=O)(=O)NC1=C(Br)CCC=C1OCc1ccccc1. The number of rotatable bonds is 5. The molecule has 0 heterocycles.